The van der Waals surface area contributed by atoms with Crippen LogP contribution in [0.5, 0.6) is 11.5 Å². The van der Waals surface area contributed by atoms with Crippen LogP contribution < -0.4 is 15.0 Å². The number of esters is 1. The minimum atomic E-state index is -0.966. The van der Waals surface area contributed by atoms with E-state index in [4.69, 9.17) is 14.2 Å². The maximum absolute atomic E-state index is 12.7. The van der Waals surface area contributed by atoms with Crippen LogP contribution in [0.1, 0.15) is 36.1 Å². The quantitative estimate of drug-likeness (QED) is 0.355. The molecule has 0 spiro atoms. The number of rotatable bonds is 7. The van der Waals surface area contributed by atoms with Crippen molar-refractivity contribution >= 4 is 22.6 Å². The molecule has 156 valence electrons. The van der Waals surface area contributed by atoms with Crippen molar-refractivity contribution in [1.29, 1.82) is 0 Å². The fraction of sp³-hybridized carbons (Fsp3) is 0.250. The van der Waals surface area contributed by atoms with Gasteiger partial charge in [0.15, 0.2) is 23.4 Å². The van der Waals surface area contributed by atoms with E-state index in [0.717, 1.165) is 6.07 Å². The first kappa shape index (κ1) is 20.8. The van der Waals surface area contributed by atoms with Gasteiger partial charge in [-0.05, 0) is 26.0 Å². The van der Waals surface area contributed by atoms with E-state index in [-0.39, 0.29) is 35.1 Å². The third-order valence-corrected chi connectivity index (χ3v) is 4.30. The molecule has 0 amide bonds. The van der Waals surface area contributed by atoms with Gasteiger partial charge in [0.05, 0.1) is 35.6 Å². The summed E-state index contributed by atoms with van der Waals surface area (Å²) in [4.78, 5) is 42.6. The topological polar surface area (TPSA) is 134 Å². The van der Waals surface area contributed by atoms with Crippen molar-refractivity contribution in [3.05, 3.63) is 68.3 Å². The zero-order chi connectivity index (χ0) is 21.8. The van der Waals surface area contributed by atoms with E-state index in [1.807, 2.05) is 0 Å². The molecule has 0 aliphatic carbocycles. The molecule has 1 heterocycles. The molecule has 30 heavy (non-hydrogen) atoms. The molecule has 0 aliphatic heterocycles. The van der Waals surface area contributed by atoms with Gasteiger partial charge >= 0.3 is 5.97 Å². The Morgan fingerprint density at radius 2 is 2.00 bits per heavy atom. The SMILES string of the molecule is CCOc1cc([N+](=O)[O-])c(C(=O)OC(C)c2nc3ccccc3c(=O)[nH]2)cc1OC. The molecule has 0 radical (unpaired) electrons. The van der Waals surface area contributed by atoms with Crippen molar-refractivity contribution in [3.63, 3.8) is 0 Å². The Labute approximate surface area is 170 Å². The Hall–Kier alpha value is -3.95. The standard InChI is InChI=1S/C20H19N3O7/c1-4-29-17-10-15(23(26)27)13(9-16(17)28-3)20(25)30-11(2)18-21-14-8-6-5-7-12(14)19(24)22-18/h5-11H,4H2,1-3H3,(H,21,22,24). The minimum absolute atomic E-state index is 0.118. The van der Waals surface area contributed by atoms with Gasteiger partial charge in [-0.15, -0.1) is 0 Å². The van der Waals surface area contributed by atoms with E-state index in [2.05, 4.69) is 9.97 Å². The Morgan fingerprint density at radius 1 is 1.27 bits per heavy atom. The van der Waals surface area contributed by atoms with Crippen molar-refractivity contribution in [3.8, 4) is 11.5 Å². The average molecular weight is 413 g/mol. The lowest BCUT2D eigenvalue weighted by molar-refractivity contribution is -0.385. The number of fused-ring (bicyclic) bond motifs is 1. The van der Waals surface area contributed by atoms with Crippen LogP contribution in [-0.2, 0) is 4.74 Å². The largest absolute Gasteiger partial charge is 0.493 e. The third kappa shape index (κ3) is 4.07. The van der Waals surface area contributed by atoms with Crippen LogP contribution in [0, 0.1) is 10.1 Å². The lowest BCUT2D eigenvalue weighted by atomic mass is 10.1. The summed E-state index contributed by atoms with van der Waals surface area (Å²) in [6, 6.07) is 9.02. The zero-order valence-electron chi connectivity index (χ0n) is 16.5. The van der Waals surface area contributed by atoms with Gasteiger partial charge in [0.2, 0.25) is 0 Å². The van der Waals surface area contributed by atoms with Crippen LogP contribution in [0.2, 0.25) is 0 Å². The molecule has 1 aromatic heterocycles. The van der Waals surface area contributed by atoms with Gasteiger partial charge < -0.3 is 19.2 Å². The predicted octanol–water partition coefficient (Wildman–Crippen LogP) is 3.16. The molecule has 1 N–H and O–H groups in total. The Morgan fingerprint density at radius 3 is 2.67 bits per heavy atom. The summed E-state index contributed by atoms with van der Waals surface area (Å²) >= 11 is 0. The molecule has 0 bridgehead atoms. The second-order valence-electron chi connectivity index (χ2n) is 6.23. The number of H-pyrrole nitrogens is 1. The van der Waals surface area contributed by atoms with Gasteiger partial charge in [0, 0.05) is 6.07 Å². The first-order valence-corrected chi connectivity index (χ1v) is 9.04. The van der Waals surface area contributed by atoms with E-state index >= 15 is 0 Å². The summed E-state index contributed by atoms with van der Waals surface area (Å²) in [6.45, 7) is 3.48. The highest BCUT2D eigenvalue weighted by molar-refractivity contribution is 5.95. The minimum Gasteiger partial charge on any atom is -0.493 e. The Bertz CT molecular complexity index is 1170. The number of ether oxygens (including phenoxy) is 3. The fourth-order valence-electron chi connectivity index (χ4n) is 2.87. The van der Waals surface area contributed by atoms with Crippen molar-refractivity contribution in [2.24, 2.45) is 0 Å². The number of nitrogens with zero attached hydrogens (tertiary/aromatic N) is 2. The second-order valence-corrected chi connectivity index (χ2v) is 6.23. The van der Waals surface area contributed by atoms with Crippen molar-refractivity contribution in [1.82, 2.24) is 9.97 Å². The fourth-order valence-corrected chi connectivity index (χ4v) is 2.87. The molecular weight excluding hydrogens is 394 g/mol. The highest BCUT2D eigenvalue weighted by Crippen LogP contribution is 2.35. The van der Waals surface area contributed by atoms with Crippen molar-refractivity contribution in [2.45, 2.75) is 20.0 Å². The van der Waals surface area contributed by atoms with Gasteiger partial charge in [-0.2, -0.15) is 0 Å². The van der Waals surface area contributed by atoms with E-state index in [9.17, 15) is 19.7 Å². The molecule has 1 atom stereocenters. The molecule has 10 nitrogen and oxygen atoms in total. The van der Waals surface area contributed by atoms with E-state index in [0.29, 0.717) is 10.9 Å². The number of carbonyl (C=O) groups is 1. The van der Waals surface area contributed by atoms with Gasteiger partial charge in [-0.3, -0.25) is 14.9 Å². The Balaban J connectivity index is 1.95. The molecule has 3 aromatic rings. The van der Waals surface area contributed by atoms with Crippen LogP contribution in [0.25, 0.3) is 10.9 Å². The molecule has 1 unspecified atom stereocenters. The van der Waals surface area contributed by atoms with Gasteiger partial charge in [0.1, 0.15) is 5.56 Å². The highest BCUT2D eigenvalue weighted by atomic mass is 16.6. The van der Waals surface area contributed by atoms with Crippen LogP contribution in [0.15, 0.2) is 41.2 Å². The normalized spacial score (nSPS) is 11.7. The lowest BCUT2D eigenvalue weighted by Crippen LogP contribution is -2.18. The third-order valence-electron chi connectivity index (χ3n) is 4.30. The molecule has 10 heteroatoms. The van der Waals surface area contributed by atoms with Gasteiger partial charge in [-0.1, -0.05) is 12.1 Å². The maximum Gasteiger partial charge on any atom is 0.346 e. The summed E-state index contributed by atoms with van der Waals surface area (Å²) < 4.78 is 15.8. The molecule has 0 saturated carbocycles. The summed E-state index contributed by atoms with van der Waals surface area (Å²) in [6.07, 6.45) is -0.966. The summed E-state index contributed by atoms with van der Waals surface area (Å²) in [5.41, 5.74) is -0.744. The number of benzene rings is 2. The first-order valence-electron chi connectivity index (χ1n) is 9.04. The van der Waals surface area contributed by atoms with E-state index in [1.54, 1.807) is 31.2 Å². The number of carbonyl (C=O) groups excluding carboxylic acids is 1. The van der Waals surface area contributed by atoms with Crippen molar-refractivity contribution < 1.29 is 23.9 Å². The monoisotopic (exact) mass is 413 g/mol. The first-order chi connectivity index (χ1) is 14.3. The molecule has 3 rings (SSSR count). The summed E-state index contributed by atoms with van der Waals surface area (Å²) in [7, 11) is 1.35. The van der Waals surface area contributed by atoms with E-state index < -0.39 is 22.7 Å². The smallest absolute Gasteiger partial charge is 0.346 e. The molecule has 0 saturated heterocycles. The zero-order valence-corrected chi connectivity index (χ0v) is 16.5. The molecule has 0 fully saturated rings. The van der Waals surface area contributed by atoms with Gasteiger partial charge in [-0.25, -0.2) is 9.78 Å². The highest BCUT2D eigenvalue weighted by Gasteiger charge is 2.27. The number of nitrogens with one attached hydrogen (secondary N) is 1. The maximum atomic E-state index is 12.7. The van der Waals surface area contributed by atoms with Crippen LogP contribution in [0.3, 0.4) is 0 Å². The Kier molecular flexibility index (Phi) is 5.95. The van der Waals surface area contributed by atoms with Crippen LogP contribution >= 0.6 is 0 Å². The number of aromatic amines is 1. The number of methoxy groups -OCH3 is 1. The number of aromatic nitrogens is 2. The number of nitro benzene ring substituents is 1. The van der Waals surface area contributed by atoms with E-state index in [1.165, 1.54) is 20.1 Å². The van der Waals surface area contributed by atoms with Crippen molar-refractivity contribution in [2.75, 3.05) is 13.7 Å². The number of para-hydroxylation sites is 1. The lowest BCUT2D eigenvalue weighted by Gasteiger charge is -2.15. The number of hydrogen-bond acceptors (Lipinski definition) is 8. The molecule has 0 aliphatic rings. The molecular formula is C20H19N3O7. The van der Waals surface area contributed by atoms with Gasteiger partial charge in [0.25, 0.3) is 11.2 Å². The van der Waals surface area contributed by atoms with Crippen LogP contribution in [-0.4, -0.2) is 34.6 Å². The predicted molar refractivity (Wildman–Crippen MR) is 107 cm³/mol. The summed E-state index contributed by atoms with van der Waals surface area (Å²) in [5, 5.41) is 11.9. The summed E-state index contributed by atoms with van der Waals surface area (Å²) in [5.74, 6) is -0.560. The van der Waals surface area contributed by atoms with Crippen LogP contribution in [0.4, 0.5) is 5.69 Å². The number of nitro groups is 1. The second kappa shape index (κ2) is 8.60. The molecule has 2 aromatic carbocycles. The average Bonchev–Trinajstić information content (AvgIpc) is 2.73. The number of hydrogen-bond donors (Lipinski definition) is 1.